The Kier molecular flexibility index (Phi) is 9.63. The maximum Gasteiger partial charge on any atom is 0.310 e. The molecule has 3 aromatic rings. The van der Waals surface area contributed by atoms with Crippen LogP contribution in [0.4, 0.5) is 5.69 Å². The van der Waals surface area contributed by atoms with Crippen LogP contribution in [-0.2, 0) is 32.1 Å². The van der Waals surface area contributed by atoms with Gasteiger partial charge in [-0.1, -0.05) is 55.7 Å². The minimum atomic E-state index is -0.897. The number of imidazole rings is 1. The first-order valence-corrected chi connectivity index (χ1v) is 14.5. The average molecular weight is 559 g/mol. The van der Waals surface area contributed by atoms with Gasteiger partial charge in [0.15, 0.2) is 0 Å². The second-order valence-electron chi connectivity index (χ2n) is 11.9. The molecule has 1 saturated carbocycles. The third-order valence-corrected chi connectivity index (χ3v) is 7.40. The van der Waals surface area contributed by atoms with Gasteiger partial charge in [0, 0.05) is 24.1 Å². The number of benzene rings is 2. The summed E-state index contributed by atoms with van der Waals surface area (Å²) < 4.78 is 7.31. The first-order valence-electron chi connectivity index (χ1n) is 14.5. The Labute approximate surface area is 243 Å². The van der Waals surface area contributed by atoms with Gasteiger partial charge in [-0.2, -0.15) is 0 Å². The van der Waals surface area contributed by atoms with Crippen molar-refractivity contribution in [1.29, 1.82) is 0 Å². The molecule has 1 fully saturated rings. The summed E-state index contributed by atoms with van der Waals surface area (Å²) in [6.07, 6.45) is 8.66. The summed E-state index contributed by atoms with van der Waals surface area (Å²) in [5.41, 5.74) is 2.31. The lowest BCUT2D eigenvalue weighted by Crippen LogP contribution is -2.48. The molecule has 1 unspecified atom stereocenters. The summed E-state index contributed by atoms with van der Waals surface area (Å²) in [7, 11) is 0. The van der Waals surface area contributed by atoms with Crippen LogP contribution < -0.4 is 10.2 Å². The SMILES string of the molecule is Cc1ccccc1C(C(=O)NC1CCCCC1)N(C(=O)Cn1ccnc1C)c1cccc(CC(=O)OC(C)(C)C)c1. The topological polar surface area (TPSA) is 93.5 Å². The van der Waals surface area contributed by atoms with E-state index in [1.807, 2.05) is 83.1 Å². The maximum absolute atomic E-state index is 14.2. The third-order valence-electron chi connectivity index (χ3n) is 7.40. The summed E-state index contributed by atoms with van der Waals surface area (Å²) in [6, 6.07) is 14.1. The number of carbonyl (C=O) groups excluding carboxylic acids is 3. The van der Waals surface area contributed by atoms with Crippen LogP contribution in [0.25, 0.3) is 0 Å². The number of hydrogen-bond acceptors (Lipinski definition) is 5. The van der Waals surface area contributed by atoms with Crippen molar-refractivity contribution in [2.24, 2.45) is 0 Å². The molecule has 2 amide bonds. The summed E-state index contributed by atoms with van der Waals surface area (Å²) >= 11 is 0. The van der Waals surface area contributed by atoms with Gasteiger partial charge < -0.3 is 14.6 Å². The van der Waals surface area contributed by atoms with Crippen molar-refractivity contribution in [3.63, 3.8) is 0 Å². The van der Waals surface area contributed by atoms with Gasteiger partial charge in [-0.15, -0.1) is 0 Å². The molecule has 4 rings (SSSR count). The molecule has 218 valence electrons. The summed E-state index contributed by atoms with van der Waals surface area (Å²) in [4.78, 5) is 46.9. The van der Waals surface area contributed by atoms with Gasteiger partial charge in [-0.3, -0.25) is 19.3 Å². The van der Waals surface area contributed by atoms with Crippen molar-refractivity contribution in [1.82, 2.24) is 14.9 Å². The molecule has 0 spiro atoms. The maximum atomic E-state index is 14.2. The van der Waals surface area contributed by atoms with E-state index < -0.39 is 11.6 Å². The summed E-state index contributed by atoms with van der Waals surface area (Å²) in [6.45, 7) is 9.30. The monoisotopic (exact) mass is 558 g/mol. The molecule has 0 radical (unpaired) electrons. The Morgan fingerprint density at radius 2 is 1.78 bits per heavy atom. The zero-order valence-electron chi connectivity index (χ0n) is 24.9. The highest BCUT2D eigenvalue weighted by Crippen LogP contribution is 2.32. The van der Waals surface area contributed by atoms with Gasteiger partial charge in [0.05, 0.1) is 6.42 Å². The second kappa shape index (κ2) is 13.1. The fraction of sp³-hybridized carbons (Fsp3) is 0.455. The molecule has 2 aromatic carbocycles. The van der Waals surface area contributed by atoms with E-state index >= 15 is 0 Å². The Morgan fingerprint density at radius 1 is 1.05 bits per heavy atom. The van der Waals surface area contributed by atoms with E-state index in [0.717, 1.165) is 36.8 Å². The number of nitrogens with zero attached hydrogens (tertiary/aromatic N) is 3. The van der Waals surface area contributed by atoms with Crippen LogP contribution in [0, 0.1) is 13.8 Å². The molecular formula is C33H42N4O4. The van der Waals surface area contributed by atoms with E-state index in [2.05, 4.69) is 10.3 Å². The van der Waals surface area contributed by atoms with Crippen molar-refractivity contribution in [2.45, 2.75) is 97.4 Å². The Morgan fingerprint density at radius 3 is 2.44 bits per heavy atom. The molecule has 8 nitrogen and oxygen atoms in total. The molecule has 1 N–H and O–H groups in total. The molecule has 41 heavy (non-hydrogen) atoms. The van der Waals surface area contributed by atoms with Gasteiger partial charge in [-0.05, 0) is 76.3 Å². The molecule has 1 heterocycles. The number of carbonyl (C=O) groups is 3. The highest BCUT2D eigenvalue weighted by molar-refractivity contribution is 6.01. The van der Waals surface area contributed by atoms with Crippen molar-refractivity contribution in [3.8, 4) is 0 Å². The first kappa shape index (κ1) is 30.0. The molecule has 1 aliphatic carbocycles. The van der Waals surface area contributed by atoms with Crippen molar-refractivity contribution in [3.05, 3.63) is 83.4 Å². The van der Waals surface area contributed by atoms with Crippen molar-refractivity contribution < 1.29 is 19.1 Å². The van der Waals surface area contributed by atoms with E-state index in [1.165, 1.54) is 6.42 Å². The van der Waals surface area contributed by atoms with E-state index in [9.17, 15) is 14.4 Å². The van der Waals surface area contributed by atoms with Crippen LogP contribution in [-0.4, -0.2) is 39.0 Å². The Balaban J connectivity index is 1.77. The summed E-state index contributed by atoms with van der Waals surface area (Å²) in [5.74, 6) is -0.116. The number of anilines is 1. The smallest absolute Gasteiger partial charge is 0.310 e. The largest absolute Gasteiger partial charge is 0.460 e. The van der Waals surface area contributed by atoms with E-state index in [4.69, 9.17) is 4.74 Å². The van der Waals surface area contributed by atoms with Crippen LogP contribution in [0.3, 0.4) is 0 Å². The highest BCUT2D eigenvalue weighted by atomic mass is 16.6. The third kappa shape index (κ3) is 8.06. The second-order valence-corrected chi connectivity index (χ2v) is 11.9. The van der Waals surface area contributed by atoms with Crippen LogP contribution in [0.15, 0.2) is 60.9 Å². The van der Waals surface area contributed by atoms with Gasteiger partial charge in [0.2, 0.25) is 11.8 Å². The summed E-state index contributed by atoms with van der Waals surface area (Å²) in [5, 5.41) is 3.27. The average Bonchev–Trinajstić information content (AvgIpc) is 3.31. The minimum absolute atomic E-state index is 0.0151. The fourth-order valence-corrected chi connectivity index (χ4v) is 5.41. The lowest BCUT2D eigenvalue weighted by atomic mass is 9.93. The minimum Gasteiger partial charge on any atom is -0.460 e. The standard InChI is InChI=1S/C33H42N4O4/c1-23-12-9-10-17-28(23)31(32(40)35-26-14-7-6-8-15-26)37(29(38)22-36-19-18-34-24(36)2)27-16-11-13-25(20-27)21-30(39)41-33(3,4)5/h9-13,16-20,26,31H,6-8,14-15,21-22H2,1-5H3,(H,35,40). The number of aryl methyl sites for hydroxylation is 2. The van der Waals surface area contributed by atoms with Gasteiger partial charge in [-0.25, -0.2) is 4.98 Å². The highest BCUT2D eigenvalue weighted by Gasteiger charge is 2.35. The van der Waals surface area contributed by atoms with Crippen molar-refractivity contribution in [2.75, 3.05) is 4.90 Å². The first-order chi connectivity index (χ1) is 19.5. The lowest BCUT2D eigenvalue weighted by Gasteiger charge is -2.34. The number of aromatic nitrogens is 2. The van der Waals surface area contributed by atoms with E-state index in [0.29, 0.717) is 17.1 Å². The normalized spacial score (nSPS) is 14.8. The number of esters is 1. The zero-order valence-corrected chi connectivity index (χ0v) is 24.9. The number of nitrogens with one attached hydrogen (secondary N) is 1. The Bertz CT molecular complexity index is 1370. The lowest BCUT2D eigenvalue weighted by molar-refractivity contribution is -0.153. The van der Waals surface area contributed by atoms with Crippen LogP contribution in [0.5, 0.6) is 0 Å². The van der Waals surface area contributed by atoms with Gasteiger partial charge in [0.25, 0.3) is 0 Å². The molecule has 8 heteroatoms. The number of hydrogen-bond donors (Lipinski definition) is 1. The van der Waals surface area contributed by atoms with Crippen LogP contribution >= 0.6 is 0 Å². The molecule has 0 bridgehead atoms. The predicted octanol–water partition coefficient (Wildman–Crippen LogP) is 5.61. The fourth-order valence-electron chi connectivity index (χ4n) is 5.41. The zero-order chi connectivity index (χ0) is 29.6. The van der Waals surface area contributed by atoms with Gasteiger partial charge in [0.1, 0.15) is 24.0 Å². The van der Waals surface area contributed by atoms with E-state index in [-0.39, 0.29) is 36.8 Å². The number of rotatable bonds is 9. The molecule has 1 atom stereocenters. The van der Waals surface area contributed by atoms with E-state index in [1.54, 1.807) is 21.9 Å². The number of ether oxygens (including phenoxy) is 1. The number of amides is 2. The Hall–Kier alpha value is -3.94. The van der Waals surface area contributed by atoms with Gasteiger partial charge >= 0.3 is 5.97 Å². The molecule has 1 aromatic heterocycles. The van der Waals surface area contributed by atoms with Crippen LogP contribution in [0.1, 0.15) is 81.4 Å². The molecule has 1 aliphatic rings. The molecule has 0 saturated heterocycles. The predicted molar refractivity (Wildman–Crippen MR) is 159 cm³/mol. The molecule has 0 aliphatic heterocycles. The quantitative estimate of drug-likeness (QED) is 0.345. The van der Waals surface area contributed by atoms with Crippen LogP contribution in [0.2, 0.25) is 0 Å². The van der Waals surface area contributed by atoms with Crippen molar-refractivity contribution >= 4 is 23.5 Å². The molecular weight excluding hydrogens is 516 g/mol.